The second-order valence-corrected chi connectivity index (χ2v) is 9.77. The van der Waals surface area contributed by atoms with E-state index in [2.05, 4.69) is 0 Å². The van der Waals surface area contributed by atoms with Crippen LogP contribution in [0.2, 0.25) is 0 Å². The summed E-state index contributed by atoms with van der Waals surface area (Å²) in [7, 11) is 0. The van der Waals surface area contributed by atoms with E-state index >= 15 is 0 Å². The van der Waals surface area contributed by atoms with Gasteiger partial charge in [0, 0.05) is 23.1 Å². The third-order valence-electron chi connectivity index (χ3n) is 6.24. The molecule has 4 aromatic rings. The first-order chi connectivity index (χ1) is 19.1. The van der Waals surface area contributed by atoms with Crippen LogP contribution in [0.4, 0.5) is 21.9 Å². The van der Waals surface area contributed by atoms with Gasteiger partial charge in [0.15, 0.2) is 0 Å². The van der Waals surface area contributed by atoms with Crippen LogP contribution in [0.1, 0.15) is 17.0 Å². The lowest BCUT2D eigenvalue weighted by Gasteiger charge is -2.12. The van der Waals surface area contributed by atoms with E-state index in [9.17, 15) is 29.8 Å². The maximum absolute atomic E-state index is 13.0. The van der Waals surface area contributed by atoms with Crippen molar-refractivity contribution in [2.45, 2.75) is 13.8 Å². The van der Waals surface area contributed by atoms with Crippen LogP contribution in [0.5, 0.6) is 11.5 Å². The molecule has 0 atom stereocenters. The molecule has 5 rings (SSSR count). The Balaban J connectivity index is 1.39. The highest BCUT2D eigenvalue weighted by atomic mass is 32.2. The van der Waals surface area contributed by atoms with Crippen LogP contribution in [-0.4, -0.2) is 25.6 Å². The summed E-state index contributed by atoms with van der Waals surface area (Å²) in [5.74, 6) is -0.200. The summed E-state index contributed by atoms with van der Waals surface area (Å²) in [6, 6.07) is 20.6. The number of anilines is 1. The highest BCUT2D eigenvalue weighted by Crippen LogP contribution is 2.37. The number of para-hydroxylation sites is 1. The average Bonchev–Trinajstić information content (AvgIpc) is 3.37. The number of amides is 2. The van der Waals surface area contributed by atoms with Crippen LogP contribution in [0.25, 0.3) is 11.8 Å². The summed E-state index contributed by atoms with van der Waals surface area (Å²) in [6.07, 6.45) is 1.71. The molecule has 0 bridgehead atoms. The Kier molecular flexibility index (Phi) is 6.92. The van der Waals surface area contributed by atoms with Crippen molar-refractivity contribution in [3.8, 4) is 17.2 Å². The van der Waals surface area contributed by atoms with E-state index < -0.39 is 21.2 Å². The number of nitro groups is 2. The molecule has 0 unspecified atom stereocenters. The van der Waals surface area contributed by atoms with Crippen molar-refractivity contribution in [3.05, 3.63) is 121 Å². The lowest BCUT2D eigenvalue weighted by atomic mass is 10.2. The molecule has 3 aromatic carbocycles. The molecular formula is C28H20N4O7S. The van der Waals surface area contributed by atoms with Gasteiger partial charge < -0.3 is 9.30 Å². The standard InChI is InChI=1S/C28H20N4O7S/c1-17-14-19(15-26-27(33)30(28(34)40-26)20-6-4-3-5-7-20)18(2)29(17)21-8-11-23(12-9-21)39-25-13-10-22(31(35)36)16-24(25)32(37)38/h3-16H,1-2H3/b26-15-. The number of imide groups is 1. The zero-order valence-electron chi connectivity index (χ0n) is 21.1. The summed E-state index contributed by atoms with van der Waals surface area (Å²) >= 11 is 0.887. The number of non-ortho nitro benzene ring substituents is 1. The third-order valence-corrected chi connectivity index (χ3v) is 7.11. The molecule has 0 N–H and O–H groups in total. The Labute approximate surface area is 231 Å². The molecule has 1 aliphatic heterocycles. The van der Waals surface area contributed by atoms with Gasteiger partial charge in [0.2, 0.25) is 5.75 Å². The fraction of sp³-hybridized carbons (Fsp3) is 0.0714. The number of nitro benzene ring substituents is 2. The minimum Gasteiger partial charge on any atom is -0.450 e. The first-order valence-corrected chi connectivity index (χ1v) is 12.7. The van der Waals surface area contributed by atoms with Crippen LogP contribution < -0.4 is 9.64 Å². The molecule has 1 fully saturated rings. The number of carbonyl (C=O) groups excluding carboxylic acids is 2. The number of aromatic nitrogens is 1. The van der Waals surface area contributed by atoms with Crippen LogP contribution in [0.15, 0.2) is 83.8 Å². The number of carbonyl (C=O) groups is 2. The van der Waals surface area contributed by atoms with Crippen molar-refractivity contribution in [3.63, 3.8) is 0 Å². The molecule has 0 aliphatic carbocycles. The van der Waals surface area contributed by atoms with Crippen molar-refractivity contribution in [2.24, 2.45) is 0 Å². The molecular weight excluding hydrogens is 536 g/mol. The van der Waals surface area contributed by atoms with E-state index in [1.54, 1.807) is 54.6 Å². The Bertz CT molecular complexity index is 1710. The number of benzene rings is 3. The molecule has 1 aromatic heterocycles. The topological polar surface area (TPSA) is 138 Å². The van der Waals surface area contributed by atoms with E-state index in [4.69, 9.17) is 4.74 Å². The zero-order valence-corrected chi connectivity index (χ0v) is 22.0. The van der Waals surface area contributed by atoms with Gasteiger partial charge in [-0.15, -0.1) is 0 Å². The molecule has 0 saturated carbocycles. The maximum atomic E-state index is 13.0. The normalized spacial score (nSPS) is 14.2. The van der Waals surface area contributed by atoms with Crippen LogP contribution >= 0.6 is 11.8 Å². The summed E-state index contributed by atoms with van der Waals surface area (Å²) < 4.78 is 7.62. The Hall–Kier alpha value is -5.23. The molecule has 12 heteroatoms. The van der Waals surface area contributed by atoms with Crippen LogP contribution in [0, 0.1) is 34.1 Å². The van der Waals surface area contributed by atoms with Crippen LogP contribution in [0.3, 0.4) is 0 Å². The highest BCUT2D eigenvalue weighted by molar-refractivity contribution is 8.19. The second kappa shape index (κ2) is 10.5. The van der Waals surface area contributed by atoms with Crippen LogP contribution in [-0.2, 0) is 4.79 Å². The Morgan fingerprint density at radius 1 is 0.850 bits per heavy atom. The van der Waals surface area contributed by atoms with Gasteiger partial charge in [-0.05, 0) is 85.8 Å². The minimum atomic E-state index is -0.737. The zero-order chi connectivity index (χ0) is 28.6. The van der Waals surface area contributed by atoms with Crippen molar-refractivity contribution >= 4 is 46.0 Å². The molecule has 2 amide bonds. The maximum Gasteiger partial charge on any atom is 0.318 e. The Morgan fingerprint density at radius 2 is 1.55 bits per heavy atom. The smallest absolute Gasteiger partial charge is 0.318 e. The van der Waals surface area contributed by atoms with Crippen molar-refractivity contribution in [2.75, 3.05) is 4.90 Å². The average molecular weight is 557 g/mol. The lowest BCUT2D eigenvalue weighted by Crippen LogP contribution is -2.27. The first-order valence-electron chi connectivity index (χ1n) is 11.9. The highest BCUT2D eigenvalue weighted by Gasteiger charge is 2.36. The number of ether oxygens (including phenoxy) is 1. The molecule has 200 valence electrons. The van der Waals surface area contributed by atoms with E-state index in [0.717, 1.165) is 51.4 Å². The van der Waals surface area contributed by atoms with E-state index in [1.165, 1.54) is 6.07 Å². The van der Waals surface area contributed by atoms with Gasteiger partial charge in [-0.2, -0.15) is 0 Å². The van der Waals surface area contributed by atoms with Gasteiger partial charge in [0.1, 0.15) is 5.75 Å². The first kappa shape index (κ1) is 26.4. The molecule has 1 saturated heterocycles. The molecule has 0 spiro atoms. The third kappa shape index (κ3) is 4.95. The minimum absolute atomic E-state index is 0.122. The molecule has 1 aliphatic rings. The summed E-state index contributed by atoms with van der Waals surface area (Å²) in [6.45, 7) is 3.80. The molecule has 11 nitrogen and oxygen atoms in total. The Morgan fingerprint density at radius 3 is 2.20 bits per heavy atom. The van der Waals surface area contributed by atoms with Gasteiger partial charge in [0.25, 0.3) is 16.8 Å². The number of aryl methyl sites for hydroxylation is 1. The van der Waals surface area contributed by atoms with E-state index in [-0.39, 0.29) is 16.9 Å². The number of rotatable bonds is 7. The second-order valence-electron chi connectivity index (χ2n) is 8.78. The fourth-order valence-electron chi connectivity index (χ4n) is 4.38. The largest absolute Gasteiger partial charge is 0.450 e. The number of hydrogen-bond donors (Lipinski definition) is 0. The van der Waals surface area contributed by atoms with E-state index in [1.807, 2.05) is 30.5 Å². The predicted octanol–water partition coefficient (Wildman–Crippen LogP) is 6.94. The van der Waals surface area contributed by atoms with Gasteiger partial charge in [-0.1, -0.05) is 18.2 Å². The predicted molar refractivity (Wildman–Crippen MR) is 150 cm³/mol. The molecule has 0 radical (unpaired) electrons. The molecule has 40 heavy (non-hydrogen) atoms. The van der Waals surface area contributed by atoms with E-state index in [0.29, 0.717) is 16.3 Å². The SMILES string of the molecule is Cc1cc(/C=C2\SC(=O)N(c3ccccc3)C2=O)c(C)n1-c1ccc(Oc2ccc([N+](=O)[O-])cc2[N+](=O)[O-])cc1. The van der Waals surface area contributed by atoms with Crippen molar-refractivity contribution < 1.29 is 24.2 Å². The van der Waals surface area contributed by atoms with Crippen molar-refractivity contribution in [1.82, 2.24) is 4.57 Å². The number of nitrogens with zero attached hydrogens (tertiary/aromatic N) is 4. The summed E-state index contributed by atoms with van der Waals surface area (Å²) in [5.41, 5.74) is 2.86. The fourth-order valence-corrected chi connectivity index (χ4v) is 5.21. The lowest BCUT2D eigenvalue weighted by molar-refractivity contribution is -0.394. The van der Waals surface area contributed by atoms with Gasteiger partial charge >= 0.3 is 5.69 Å². The number of hydrogen-bond acceptors (Lipinski definition) is 8. The summed E-state index contributed by atoms with van der Waals surface area (Å²) in [4.78, 5) is 48.0. The quantitative estimate of drug-likeness (QED) is 0.135. The van der Waals surface area contributed by atoms with Gasteiger partial charge in [-0.3, -0.25) is 29.8 Å². The monoisotopic (exact) mass is 556 g/mol. The van der Waals surface area contributed by atoms with Gasteiger partial charge in [-0.25, -0.2) is 4.90 Å². The van der Waals surface area contributed by atoms with Crippen molar-refractivity contribution in [1.29, 1.82) is 0 Å². The number of thioether (sulfide) groups is 1. The molecule has 2 heterocycles. The summed E-state index contributed by atoms with van der Waals surface area (Å²) in [5, 5.41) is 22.0. The van der Waals surface area contributed by atoms with Gasteiger partial charge in [0.05, 0.1) is 26.5 Å².